The Hall–Kier alpha value is -1.53. The van der Waals surface area contributed by atoms with Gasteiger partial charge in [0.2, 0.25) is 0 Å². The molecule has 1 aromatic rings. The first-order chi connectivity index (χ1) is 6.86. The Morgan fingerprint density at radius 1 is 1.36 bits per heavy atom. The molecule has 0 aliphatic rings. The number of ether oxygens (including phenoxy) is 1. The van der Waals surface area contributed by atoms with Gasteiger partial charge in [-0.3, -0.25) is 0 Å². The average Bonchev–Trinajstić information content (AvgIpc) is 2.25. The van der Waals surface area contributed by atoms with Gasteiger partial charge < -0.3 is 10.1 Å². The molecule has 0 aromatic heterocycles. The second-order valence-electron chi connectivity index (χ2n) is 2.84. The molecule has 1 aromatic carbocycles. The van der Waals surface area contributed by atoms with Crippen LogP contribution in [0.1, 0.15) is 12.5 Å². The third-order valence-corrected chi connectivity index (χ3v) is 1.78. The van der Waals surface area contributed by atoms with Crippen LogP contribution in [0.4, 0.5) is 0 Å². The molecule has 0 heterocycles. The van der Waals surface area contributed by atoms with Crippen molar-refractivity contribution in [2.24, 2.45) is 0 Å². The van der Waals surface area contributed by atoms with Crippen LogP contribution in [0.25, 0.3) is 0 Å². The Morgan fingerprint density at radius 2 is 2.07 bits per heavy atom. The van der Waals surface area contributed by atoms with Crippen molar-refractivity contribution in [3.8, 4) is 11.8 Å². The first-order valence-corrected chi connectivity index (χ1v) is 4.70. The second-order valence-corrected chi connectivity index (χ2v) is 2.84. The Bertz CT molecular complexity index is 300. The van der Waals surface area contributed by atoms with Gasteiger partial charge in [0, 0.05) is 6.54 Å². The van der Waals surface area contributed by atoms with Gasteiger partial charge in [0.1, 0.15) is 12.4 Å². The van der Waals surface area contributed by atoms with Gasteiger partial charge in [0.15, 0.2) is 0 Å². The van der Waals surface area contributed by atoms with E-state index < -0.39 is 0 Å². The molecule has 0 amide bonds. The maximum atomic E-state index is 8.57. The molecule has 0 aliphatic carbocycles. The number of benzene rings is 1. The lowest BCUT2D eigenvalue weighted by molar-refractivity contribution is 0.315. The van der Waals surface area contributed by atoms with Crippen molar-refractivity contribution in [1.29, 1.82) is 5.26 Å². The Balaban J connectivity index is 2.33. The van der Waals surface area contributed by atoms with E-state index in [1.54, 1.807) is 12.1 Å². The summed E-state index contributed by atoms with van der Waals surface area (Å²) in [6, 6.07) is 9.19. The van der Waals surface area contributed by atoms with Gasteiger partial charge in [-0.25, -0.2) is 0 Å². The van der Waals surface area contributed by atoms with Crippen LogP contribution in [0.5, 0.6) is 5.75 Å². The average molecular weight is 190 g/mol. The fourth-order valence-corrected chi connectivity index (χ4v) is 1.04. The van der Waals surface area contributed by atoms with E-state index >= 15 is 0 Å². The fraction of sp³-hybridized carbons (Fsp3) is 0.364. The van der Waals surface area contributed by atoms with Crippen LogP contribution in [0, 0.1) is 11.3 Å². The zero-order chi connectivity index (χ0) is 10.2. The lowest BCUT2D eigenvalue weighted by Gasteiger charge is -2.05. The van der Waals surface area contributed by atoms with E-state index in [0.29, 0.717) is 12.2 Å². The molecule has 3 nitrogen and oxygen atoms in total. The highest BCUT2D eigenvalue weighted by atomic mass is 16.5. The summed E-state index contributed by atoms with van der Waals surface area (Å²) < 4.78 is 5.44. The number of nitrogens with one attached hydrogen (secondary N) is 1. The molecule has 0 saturated heterocycles. The van der Waals surface area contributed by atoms with Gasteiger partial charge in [0.05, 0.1) is 11.6 Å². The van der Waals surface area contributed by atoms with Gasteiger partial charge >= 0.3 is 0 Å². The number of rotatable bonds is 5. The third kappa shape index (κ3) is 3.46. The van der Waals surface area contributed by atoms with Crippen LogP contribution in [-0.2, 0) is 0 Å². The summed E-state index contributed by atoms with van der Waals surface area (Å²) in [5, 5.41) is 11.7. The molecule has 1 N–H and O–H groups in total. The zero-order valence-electron chi connectivity index (χ0n) is 8.29. The smallest absolute Gasteiger partial charge is 0.119 e. The summed E-state index contributed by atoms with van der Waals surface area (Å²) in [4.78, 5) is 0. The first-order valence-electron chi connectivity index (χ1n) is 4.70. The minimum absolute atomic E-state index is 0.653. The van der Waals surface area contributed by atoms with E-state index in [4.69, 9.17) is 10.00 Å². The number of hydrogen-bond acceptors (Lipinski definition) is 3. The standard InChI is InChI=1S/C11H14N2O/c1-2-13-7-8-14-11-5-3-10(9-12)4-6-11/h3-6,13H,2,7-8H2,1H3. The predicted octanol–water partition coefficient (Wildman–Crippen LogP) is 1.55. The van der Waals surface area contributed by atoms with Crippen molar-refractivity contribution in [3.63, 3.8) is 0 Å². The van der Waals surface area contributed by atoms with Crippen molar-refractivity contribution in [1.82, 2.24) is 5.32 Å². The predicted molar refractivity (Wildman–Crippen MR) is 55.2 cm³/mol. The molecule has 1 rings (SSSR count). The molecule has 0 unspecified atom stereocenters. The number of nitrogens with zero attached hydrogens (tertiary/aromatic N) is 1. The minimum Gasteiger partial charge on any atom is -0.492 e. The summed E-state index contributed by atoms with van der Waals surface area (Å²) in [6.07, 6.45) is 0. The molecule has 0 bridgehead atoms. The Labute approximate surface area is 84.3 Å². The molecular weight excluding hydrogens is 176 g/mol. The number of likely N-dealkylation sites (N-methyl/N-ethyl adjacent to an activating group) is 1. The number of hydrogen-bond donors (Lipinski definition) is 1. The van der Waals surface area contributed by atoms with E-state index in [1.165, 1.54) is 0 Å². The van der Waals surface area contributed by atoms with Crippen LogP contribution in [-0.4, -0.2) is 19.7 Å². The van der Waals surface area contributed by atoms with Crippen LogP contribution < -0.4 is 10.1 Å². The minimum atomic E-state index is 0.653. The van der Waals surface area contributed by atoms with Gasteiger partial charge in [-0.1, -0.05) is 6.92 Å². The summed E-state index contributed by atoms with van der Waals surface area (Å²) >= 11 is 0. The molecule has 0 fully saturated rings. The molecule has 0 atom stereocenters. The molecule has 0 aliphatic heterocycles. The summed E-state index contributed by atoms with van der Waals surface area (Å²) in [7, 11) is 0. The lowest BCUT2D eigenvalue weighted by atomic mass is 10.2. The van der Waals surface area contributed by atoms with Crippen LogP contribution in [0.3, 0.4) is 0 Å². The molecule has 74 valence electrons. The van der Waals surface area contributed by atoms with E-state index in [1.807, 2.05) is 12.1 Å². The molecule has 0 spiro atoms. The molecule has 0 saturated carbocycles. The summed E-state index contributed by atoms with van der Waals surface area (Å²) in [5.41, 5.74) is 0.657. The van der Waals surface area contributed by atoms with E-state index in [-0.39, 0.29) is 0 Å². The lowest BCUT2D eigenvalue weighted by Crippen LogP contribution is -2.20. The van der Waals surface area contributed by atoms with Crippen LogP contribution in [0.2, 0.25) is 0 Å². The van der Waals surface area contributed by atoms with Gasteiger partial charge in [-0.05, 0) is 30.8 Å². The largest absolute Gasteiger partial charge is 0.492 e. The zero-order valence-corrected chi connectivity index (χ0v) is 8.29. The van der Waals surface area contributed by atoms with Gasteiger partial charge in [-0.2, -0.15) is 5.26 Å². The fourth-order valence-electron chi connectivity index (χ4n) is 1.04. The van der Waals surface area contributed by atoms with Crippen LogP contribution >= 0.6 is 0 Å². The van der Waals surface area contributed by atoms with Crippen molar-refractivity contribution >= 4 is 0 Å². The van der Waals surface area contributed by atoms with Gasteiger partial charge in [0.25, 0.3) is 0 Å². The second kappa shape index (κ2) is 6.01. The van der Waals surface area contributed by atoms with Crippen LogP contribution in [0.15, 0.2) is 24.3 Å². The maximum Gasteiger partial charge on any atom is 0.119 e. The van der Waals surface area contributed by atoms with Crippen molar-refractivity contribution in [2.45, 2.75) is 6.92 Å². The third-order valence-electron chi connectivity index (χ3n) is 1.78. The van der Waals surface area contributed by atoms with E-state index in [0.717, 1.165) is 18.8 Å². The summed E-state index contributed by atoms with van der Waals surface area (Å²) in [5.74, 6) is 0.807. The maximum absolute atomic E-state index is 8.57. The highest BCUT2D eigenvalue weighted by molar-refractivity contribution is 5.34. The highest BCUT2D eigenvalue weighted by Gasteiger charge is 1.93. The van der Waals surface area contributed by atoms with Crippen molar-refractivity contribution in [3.05, 3.63) is 29.8 Å². The summed E-state index contributed by atoms with van der Waals surface area (Å²) in [6.45, 7) is 4.51. The monoisotopic (exact) mass is 190 g/mol. The van der Waals surface area contributed by atoms with Gasteiger partial charge in [-0.15, -0.1) is 0 Å². The Kier molecular flexibility index (Phi) is 4.53. The molecule has 14 heavy (non-hydrogen) atoms. The Morgan fingerprint density at radius 3 is 2.64 bits per heavy atom. The molecule has 0 radical (unpaired) electrons. The quantitative estimate of drug-likeness (QED) is 0.716. The SMILES string of the molecule is CCNCCOc1ccc(C#N)cc1. The highest BCUT2D eigenvalue weighted by Crippen LogP contribution is 2.10. The normalized spacial score (nSPS) is 9.43. The van der Waals surface area contributed by atoms with E-state index in [2.05, 4.69) is 18.3 Å². The molecular formula is C11H14N2O. The van der Waals surface area contributed by atoms with E-state index in [9.17, 15) is 0 Å². The topological polar surface area (TPSA) is 45.0 Å². The first kappa shape index (κ1) is 10.6. The van der Waals surface area contributed by atoms with Crippen molar-refractivity contribution < 1.29 is 4.74 Å². The number of nitriles is 1. The molecule has 3 heteroatoms. The van der Waals surface area contributed by atoms with Crippen molar-refractivity contribution in [2.75, 3.05) is 19.7 Å².